The highest BCUT2D eigenvalue weighted by atomic mass is 28.4. The molecular weight excluding hydrogens is 270 g/mol. The third-order valence-electron chi connectivity index (χ3n) is 3.79. The second-order valence-corrected chi connectivity index (χ2v) is 9.06. The van der Waals surface area contributed by atoms with Gasteiger partial charge in [0, 0.05) is 38.9 Å². The molecule has 1 fully saturated rings. The second kappa shape index (κ2) is 9.86. The van der Waals surface area contributed by atoms with Gasteiger partial charge in [-0.1, -0.05) is 0 Å². The number of piperazine rings is 1. The normalized spacial score (nSPS) is 21.6. The monoisotopic (exact) mass is 303 g/mol. The zero-order valence-electron chi connectivity index (χ0n) is 13.5. The fourth-order valence-electron chi connectivity index (χ4n) is 2.75. The van der Waals surface area contributed by atoms with Crippen molar-refractivity contribution in [1.82, 2.24) is 10.2 Å². The van der Waals surface area contributed by atoms with Crippen LogP contribution in [0.15, 0.2) is 0 Å². The van der Waals surface area contributed by atoms with E-state index in [2.05, 4.69) is 30.6 Å². The van der Waals surface area contributed by atoms with E-state index in [0.717, 1.165) is 58.2 Å². The van der Waals surface area contributed by atoms with Crippen molar-refractivity contribution >= 4 is 8.56 Å². The lowest BCUT2D eigenvalue weighted by Gasteiger charge is -2.32. The molecule has 20 heavy (non-hydrogen) atoms. The van der Waals surface area contributed by atoms with Gasteiger partial charge in [0.1, 0.15) is 0 Å². The van der Waals surface area contributed by atoms with Crippen molar-refractivity contribution in [1.29, 1.82) is 0 Å². The second-order valence-electron chi connectivity index (χ2n) is 5.77. The zero-order chi connectivity index (χ0) is 14.8. The maximum atomic E-state index is 6.21. The van der Waals surface area contributed by atoms with Gasteiger partial charge in [-0.2, -0.15) is 0 Å². The maximum absolute atomic E-state index is 6.21. The summed E-state index contributed by atoms with van der Waals surface area (Å²) in [5.41, 5.74) is 5.60. The Hall–Kier alpha value is 0.0169. The van der Waals surface area contributed by atoms with Crippen LogP contribution in [0.4, 0.5) is 0 Å². The Morgan fingerprint density at radius 2 is 2.05 bits per heavy atom. The standard InChI is InChI=1S/C14H33N3O2Si/c1-4-18-20(3,19-14(2)6-7-15)13-5-10-17-11-8-16-9-12-17/h14,16H,4-13,15H2,1-3H3. The van der Waals surface area contributed by atoms with Gasteiger partial charge < -0.3 is 24.8 Å². The van der Waals surface area contributed by atoms with Gasteiger partial charge >= 0.3 is 8.56 Å². The largest absolute Gasteiger partial charge is 0.395 e. The molecule has 1 aliphatic heterocycles. The molecule has 1 heterocycles. The highest BCUT2D eigenvalue weighted by molar-refractivity contribution is 6.66. The van der Waals surface area contributed by atoms with E-state index in [1.165, 1.54) is 0 Å². The van der Waals surface area contributed by atoms with E-state index >= 15 is 0 Å². The van der Waals surface area contributed by atoms with Crippen LogP contribution in [0.2, 0.25) is 12.6 Å². The summed E-state index contributed by atoms with van der Waals surface area (Å²) >= 11 is 0. The van der Waals surface area contributed by atoms with Gasteiger partial charge in [0.2, 0.25) is 0 Å². The Morgan fingerprint density at radius 1 is 1.35 bits per heavy atom. The van der Waals surface area contributed by atoms with Crippen molar-refractivity contribution < 1.29 is 8.85 Å². The molecule has 1 aliphatic rings. The van der Waals surface area contributed by atoms with E-state index in [1.807, 2.05) is 0 Å². The molecule has 0 spiro atoms. The Kier molecular flexibility index (Phi) is 8.91. The Balaban J connectivity index is 2.32. The van der Waals surface area contributed by atoms with Crippen LogP contribution in [0.25, 0.3) is 0 Å². The van der Waals surface area contributed by atoms with Crippen molar-refractivity contribution in [2.45, 2.75) is 45.4 Å². The van der Waals surface area contributed by atoms with Crippen LogP contribution >= 0.6 is 0 Å². The van der Waals surface area contributed by atoms with Gasteiger partial charge in [0.25, 0.3) is 0 Å². The number of hydrogen-bond donors (Lipinski definition) is 2. The smallest absolute Gasteiger partial charge is 0.335 e. The SMILES string of the molecule is CCO[Si](C)(CCCN1CCNCC1)OC(C)CCN. The minimum atomic E-state index is -2.03. The van der Waals surface area contributed by atoms with Gasteiger partial charge in [-0.05, 0) is 52.4 Å². The highest BCUT2D eigenvalue weighted by Gasteiger charge is 2.32. The molecule has 5 nitrogen and oxygen atoms in total. The first-order valence-corrected chi connectivity index (χ1v) is 10.6. The zero-order valence-corrected chi connectivity index (χ0v) is 14.5. The third kappa shape index (κ3) is 7.15. The molecule has 0 aliphatic carbocycles. The van der Waals surface area contributed by atoms with Crippen LogP contribution in [0.1, 0.15) is 26.7 Å². The van der Waals surface area contributed by atoms with E-state index in [0.29, 0.717) is 6.54 Å². The molecule has 0 saturated carbocycles. The van der Waals surface area contributed by atoms with E-state index in [4.69, 9.17) is 14.6 Å². The molecule has 120 valence electrons. The van der Waals surface area contributed by atoms with Gasteiger partial charge in [-0.25, -0.2) is 0 Å². The number of rotatable bonds is 10. The summed E-state index contributed by atoms with van der Waals surface area (Å²) < 4.78 is 12.2. The fraction of sp³-hybridized carbons (Fsp3) is 1.00. The molecule has 6 heteroatoms. The maximum Gasteiger partial charge on any atom is 0.335 e. The summed E-state index contributed by atoms with van der Waals surface area (Å²) in [6.45, 7) is 13.5. The summed E-state index contributed by atoms with van der Waals surface area (Å²) in [7, 11) is -2.03. The van der Waals surface area contributed by atoms with Crippen LogP contribution in [-0.4, -0.2) is 65.4 Å². The lowest BCUT2D eigenvalue weighted by Crippen LogP contribution is -2.45. The summed E-state index contributed by atoms with van der Waals surface area (Å²) in [5.74, 6) is 0. The minimum Gasteiger partial charge on any atom is -0.395 e. The van der Waals surface area contributed by atoms with E-state index < -0.39 is 8.56 Å². The average molecular weight is 304 g/mol. The molecule has 0 aromatic heterocycles. The van der Waals surface area contributed by atoms with Crippen molar-refractivity contribution in [3.63, 3.8) is 0 Å². The molecule has 0 aromatic carbocycles. The van der Waals surface area contributed by atoms with Crippen molar-refractivity contribution in [3.05, 3.63) is 0 Å². The van der Waals surface area contributed by atoms with Crippen LogP contribution < -0.4 is 11.1 Å². The topological polar surface area (TPSA) is 59.8 Å². The van der Waals surface area contributed by atoms with E-state index in [1.54, 1.807) is 0 Å². The summed E-state index contributed by atoms with van der Waals surface area (Å²) in [6, 6.07) is 1.07. The first kappa shape index (κ1) is 18.1. The molecular formula is C14H33N3O2Si. The molecule has 3 N–H and O–H groups in total. The van der Waals surface area contributed by atoms with Crippen molar-refractivity contribution in [3.8, 4) is 0 Å². The quantitative estimate of drug-likeness (QED) is 0.593. The summed E-state index contributed by atoms with van der Waals surface area (Å²) in [4.78, 5) is 2.53. The molecule has 1 saturated heterocycles. The third-order valence-corrected chi connectivity index (χ3v) is 6.85. The summed E-state index contributed by atoms with van der Waals surface area (Å²) in [6.07, 6.45) is 2.29. The fourth-order valence-corrected chi connectivity index (χ4v) is 5.46. The lowest BCUT2D eigenvalue weighted by molar-refractivity contribution is 0.124. The van der Waals surface area contributed by atoms with Crippen molar-refractivity contribution in [2.75, 3.05) is 45.9 Å². The minimum absolute atomic E-state index is 0.211. The molecule has 2 unspecified atom stereocenters. The lowest BCUT2D eigenvalue weighted by atomic mass is 10.3. The first-order chi connectivity index (χ1) is 9.59. The number of nitrogens with two attached hydrogens (primary N) is 1. The van der Waals surface area contributed by atoms with Gasteiger partial charge in [-0.15, -0.1) is 0 Å². The Morgan fingerprint density at radius 3 is 2.65 bits per heavy atom. The predicted octanol–water partition coefficient (Wildman–Crippen LogP) is 1.14. The molecule has 2 atom stereocenters. The average Bonchev–Trinajstić information content (AvgIpc) is 2.40. The molecule has 0 aromatic rings. The molecule has 1 rings (SSSR count). The number of hydrogen-bond acceptors (Lipinski definition) is 5. The van der Waals surface area contributed by atoms with Crippen LogP contribution in [0.3, 0.4) is 0 Å². The Labute approximate surface area is 125 Å². The van der Waals surface area contributed by atoms with Gasteiger partial charge in [0.15, 0.2) is 0 Å². The van der Waals surface area contributed by atoms with Crippen LogP contribution in [0.5, 0.6) is 0 Å². The van der Waals surface area contributed by atoms with E-state index in [-0.39, 0.29) is 6.10 Å². The summed E-state index contributed by atoms with van der Waals surface area (Å²) in [5, 5.41) is 3.39. The predicted molar refractivity (Wildman–Crippen MR) is 86.2 cm³/mol. The van der Waals surface area contributed by atoms with Crippen LogP contribution in [0, 0.1) is 0 Å². The first-order valence-electron chi connectivity index (χ1n) is 8.04. The van der Waals surface area contributed by atoms with Crippen molar-refractivity contribution in [2.24, 2.45) is 5.73 Å². The van der Waals surface area contributed by atoms with Gasteiger partial charge in [0.05, 0.1) is 0 Å². The highest BCUT2D eigenvalue weighted by Crippen LogP contribution is 2.19. The number of nitrogens with one attached hydrogen (secondary N) is 1. The Bertz CT molecular complexity index is 253. The van der Waals surface area contributed by atoms with Crippen LogP contribution in [-0.2, 0) is 8.85 Å². The van der Waals surface area contributed by atoms with E-state index in [9.17, 15) is 0 Å². The molecule has 0 bridgehead atoms. The molecule has 0 radical (unpaired) electrons. The van der Waals surface area contributed by atoms with Gasteiger partial charge in [-0.3, -0.25) is 0 Å². The molecule has 0 amide bonds. The number of nitrogens with zero attached hydrogens (tertiary/aromatic N) is 1.